The summed E-state index contributed by atoms with van der Waals surface area (Å²) in [6.07, 6.45) is -6.33. The lowest BCUT2D eigenvalue weighted by Crippen LogP contribution is -2.43. The summed E-state index contributed by atoms with van der Waals surface area (Å²) in [7, 11) is -2.47. The zero-order chi connectivity index (χ0) is 25.4. The molecule has 2 heterocycles. The highest BCUT2D eigenvalue weighted by atomic mass is 32.2. The Balaban J connectivity index is 2.21. The molecule has 3 aromatic rings. The van der Waals surface area contributed by atoms with Crippen molar-refractivity contribution in [3.05, 3.63) is 53.5 Å². The van der Waals surface area contributed by atoms with Gasteiger partial charge in [0, 0.05) is 12.6 Å². The molecule has 1 amide bonds. The topological polar surface area (TPSA) is 130 Å². The lowest BCUT2D eigenvalue weighted by Gasteiger charge is -2.31. The Hall–Kier alpha value is -3.75. The second kappa shape index (κ2) is 8.89. The fourth-order valence-electron chi connectivity index (χ4n) is 3.27. The molecule has 0 aliphatic rings. The third-order valence-corrected chi connectivity index (χ3v) is 5.21. The Bertz CT molecular complexity index is 1340. The number of carboxylic acid groups (broad SMARTS) is 1. The Labute approximate surface area is 190 Å². The Morgan fingerprint density at radius 3 is 2.38 bits per heavy atom. The monoisotopic (exact) mass is 502 g/mol. The number of halogens is 4. The summed E-state index contributed by atoms with van der Waals surface area (Å²) in [5.41, 5.74) is -1.10. The third-order valence-electron chi connectivity index (χ3n) is 4.62. The fourth-order valence-corrected chi connectivity index (χ4v) is 3.89. The quantitative estimate of drug-likeness (QED) is 0.494. The van der Waals surface area contributed by atoms with Crippen LogP contribution in [0.2, 0.25) is 0 Å². The van der Waals surface area contributed by atoms with Gasteiger partial charge in [0.15, 0.2) is 17.6 Å². The maximum absolute atomic E-state index is 14.4. The van der Waals surface area contributed by atoms with Crippen molar-refractivity contribution < 1.29 is 35.9 Å². The number of hydrogen-bond donors (Lipinski definition) is 2. The van der Waals surface area contributed by atoms with Gasteiger partial charge in [-0.3, -0.25) is 4.72 Å². The predicted octanol–water partition coefficient (Wildman–Crippen LogP) is 3.48. The lowest BCUT2D eigenvalue weighted by molar-refractivity contribution is -0.150. The Kier molecular flexibility index (Phi) is 6.50. The van der Waals surface area contributed by atoms with Crippen LogP contribution in [-0.4, -0.2) is 52.0 Å². The molecule has 0 bridgehead atoms. The highest BCUT2D eigenvalue weighted by Crippen LogP contribution is 2.43. The molecule has 1 aromatic carbocycles. The van der Waals surface area contributed by atoms with E-state index < -0.39 is 45.5 Å². The normalized spacial score (nSPS) is 12.9. The third kappa shape index (κ3) is 5.08. The number of anilines is 2. The van der Waals surface area contributed by atoms with Crippen LogP contribution >= 0.6 is 0 Å². The van der Waals surface area contributed by atoms with Crippen LogP contribution in [-0.2, 0) is 17.1 Å². The highest BCUT2D eigenvalue weighted by molar-refractivity contribution is 7.92. The van der Waals surface area contributed by atoms with E-state index in [0.29, 0.717) is 0 Å². The highest BCUT2D eigenvalue weighted by Gasteiger charge is 2.50. The van der Waals surface area contributed by atoms with Crippen LogP contribution in [0.4, 0.5) is 33.9 Å². The molecule has 1 atom stereocenters. The van der Waals surface area contributed by atoms with Gasteiger partial charge in [-0.1, -0.05) is 23.4 Å². The zero-order valence-electron chi connectivity index (χ0n) is 17.9. The molecule has 0 saturated heterocycles. The van der Waals surface area contributed by atoms with Gasteiger partial charge in [0.1, 0.15) is 5.82 Å². The molecule has 182 valence electrons. The van der Waals surface area contributed by atoms with E-state index in [1.54, 1.807) is 0 Å². The lowest BCUT2D eigenvalue weighted by atomic mass is 10.0. The summed E-state index contributed by atoms with van der Waals surface area (Å²) in [5, 5.41) is 17.2. The van der Waals surface area contributed by atoms with Crippen molar-refractivity contribution in [2.24, 2.45) is 7.05 Å². The minimum absolute atomic E-state index is 0.0760. The van der Waals surface area contributed by atoms with E-state index in [4.69, 9.17) is 0 Å². The smallest absolute Gasteiger partial charge is 0.413 e. The first-order valence-corrected chi connectivity index (χ1v) is 11.3. The van der Waals surface area contributed by atoms with Gasteiger partial charge >= 0.3 is 12.3 Å². The number of carbonyl (C=O) groups is 1. The minimum Gasteiger partial charge on any atom is -0.465 e. The first-order chi connectivity index (χ1) is 15.7. The van der Waals surface area contributed by atoms with Crippen molar-refractivity contribution in [3.63, 3.8) is 0 Å². The number of sulfonamides is 1. The zero-order valence-corrected chi connectivity index (χ0v) is 18.7. The first-order valence-electron chi connectivity index (χ1n) is 9.39. The second-order valence-electron chi connectivity index (χ2n) is 7.21. The van der Waals surface area contributed by atoms with Crippen LogP contribution in [0.25, 0.3) is 11.4 Å². The molecular formula is C19H18F4N6O4S. The van der Waals surface area contributed by atoms with Crippen molar-refractivity contribution in [1.29, 1.82) is 0 Å². The van der Waals surface area contributed by atoms with Crippen LogP contribution in [0.1, 0.15) is 17.3 Å². The van der Waals surface area contributed by atoms with Crippen molar-refractivity contribution in [1.82, 2.24) is 20.0 Å². The number of amides is 1. The number of hydrogen-bond acceptors (Lipinski definition) is 6. The molecule has 3 rings (SSSR count). The van der Waals surface area contributed by atoms with Crippen molar-refractivity contribution >= 4 is 27.6 Å². The summed E-state index contributed by atoms with van der Waals surface area (Å²) in [4.78, 5) is 16.2. The summed E-state index contributed by atoms with van der Waals surface area (Å²) in [6.45, 7) is 1.43. The average Bonchev–Trinajstić information content (AvgIpc) is 3.07. The number of nitrogens with one attached hydrogen (secondary N) is 1. The van der Waals surface area contributed by atoms with Crippen LogP contribution in [0.5, 0.6) is 0 Å². The number of aryl methyl sites for hydroxylation is 2. The van der Waals surface area contributed by atoms with E-state index in [0.717, 1.165) is 29.1 Å². The number of alkyl halides is 3. The summed E-state index contributed by atoms with van der Waals surface area (Å²) in [6, 6.07) is 3.55. The number of nitrogens with zero attached hydrogens (tertiary/aromatic N) is 5. The summed E-state index contributed by atoms with van der Waals surface area (Å²) in [5.74, 6) is -1.87. The Morgan fingerprint density at radius 2 is 1.85 bits per heavy atom. The van der Waals surface area contributed by atoms with Gasteiger partial charge in [-0.15, -0.1) is 5.10 Å². The van der Waals surface area contributed by atoms with Gasteiger partial charge in [0.2, 0.25) is 10.0 Å². The van der Waals surface area contributed by atoms with Crippen LogP contribution < -0.4 is 9.62 Å². The summed E-state index contributed by atoms with van der Waals surface area (Å²) < 4.78 is 82.7. The van der Waals surface area contributed by atoms with Gasteiger partial charge in [-0.25, -0.2) is 32.2 Å². The van der Waals surface area contributed by atoms with Gasteiger partial charge in [-0.2, -0.15) is 13.2 Å². The van der Waals surface area contributed by atoms with Crippen LogP contribution in [0.3, 0.4) is 0 Å². The van der Waals surface area contributed by atoms with E-state index in [2.05, 4.69) is 20.0 Å². The van der Waals surface area contributed by atoms with Crippen molar-refractivity contribution in [3.8, 4) is 11.4 Å². The number of aromatic nitrogens is 4. The van der Waals surface area contributed by atoms with E-state index in [1.807, 2.05) is 0 Å². The maximum atomic E-state index is 14.4. The predicted molar refractivity (Wildman–Crippen MR) is 113 cm³/mol. The maximum Gasteiger partial charge on any atom is 0.413 e. The average molecular weight is 502 g/mol. The van der Waals surface area contributed by atoms with E-state index in [9.17, 15) is 35.9 Å². The van der Waals surface area contributed by atoms with Gasteiger partial charge < -0.3 is 5.11 Å². The number of rotatable bonds is 6. The van der Waals surface area contributed by atoms with Gasteiger partial charge in [0.05, 0.1) is 23.3 Å². The molecule has 2 aromatic heterocycles. The molecule has 34 heavy (non-hydrogen) atoms. The van der Waals surface area contributed by atoms with Gasteiger partial charge in [-0.05, 0) is 25.1 Å². The van der Waals surface area contributed by atoms with Gasteiger partial charge in [0.25, 0.3) is 0 Å². The second-order valence-corrected chi connectivity index (χ2v) is 8.96. The molecule has 10 nitrogen and oxygen atoms in total. The molecule has 0 spiro atoms. The fraction of sp³-hybridized carbons (Fsp3) is 0.263. The Morgan fingerprint density at radius 1 is 1.21 bits per heavy atom. The SMILES string of the molecule is Cc1nc(-c2nnn(C)c2N(C(=O)O)[C@@H](c2ccccc2F)C(F)(F)F)ccc1NS(C)(=O)=O. The summed E-state index contributed by atoms with van der Waals surface area (Å²) >= 11 is 0. The molecule has 15 heteroatoms. The number of benzene rings is 1. The van der Waals surface area contributed by atoms with E-state index in [1.165, 1.54) is 32.2 Å². The first kappa shape index (κ1) is 24.9. The van der Waals surface area contributed by atoms with Crippen molar-refractivity contribution in [2.45, 2.75) is 19.1 Å². The number of pyridine rings is 1. The standard InChI is InChI=1S/C19H18F4N6O4S/c1-10-13(26-34(3,32)33)8-9-14(24-10)15-17(28(2)27-25-15)29(18(30)31)16(19(21,22)23)11-6-4-5-7-12(11)20/h4-9,16,26H,1-3H3,(H,30,31)/t16-/m0/s1. The molecular weight excluding hydrogens is 484 g/mol. The van der Waals surface area contributed by atoms with Crippen LogP contribution in [0, 0.1) is 12.7 Å². The molecule has 0 unspecified atom stereocenters. The largest absolute Gasteiger partial charge is 0.465 e. The van der Waals surface area contributed by atoms with E-state index >= 15 is 0 Å². The molecule has 0 aliphatic heterocycles. The van der Waals surface area contributed by atoms with Crippen molar-refractivity contribution in [2.75, 3.05) is 15.9 Å². The molecule has 0 saturated carbocycles. The molecule has 2 N–H and O–H groups in total. The molecule has 0 aliphatic carbocycles. The minimum atomic E-state index is -5.21. The van der Waals surface area contributed by atoms with E-state index in [-0.39, 0.29) is 27.7 Å². The van der Waals surface area contributed by atoms with Crippen LogP contribution in [0.15, 0.2) is 36.4 Å². The molecule has 0 radical (unpaired) electrons. The molecule has 0 fully saturated rings.